The maximum Gasteiger partial charge on any atom is 0.410 e. The lowest BCUT2D eigenvalue weighted by molar-refractivity contribution is 0.0744. The van der Waals surface area contributed by atoms with Crippen molar-refractivity contribution in [2.24, 2.45) is 5.73 Å². The van der Waals surface area contributed by atoms with E-state index in [0.29, 0.717) is 0 Å². The summed E-state index contributed by atoms with van der Waals surface area (Å²) in [6, 6.07) is 1.40. The van der Waals surface area contributed by atoms with Gasteiger partial charge >= 0.3 is 6.09 Å². The fourth-order valence-corrected chi connectivity index (χ4v) is 1.37. The van der Waals surface area contributed by atoms with Crippen LogP contribution in [0.1, 0.15) is 24.3 Å². The molecule has 0 aliphatic rings. The van der Waals surface area contributed by atoms with Crippen molar-refractivity contribution < 1.29 is 19.1 Å². The molecule has 2 N–H and O–H groups in total. The van der Waals surface area contributed by atoms with Gasteiger partial charge in [0.25, 0.3) is 5.91 Å². The molecule has 0 radical (unpaired) electrons. The van der Waals surface area contributed by atoms with Crippen molar-refractivity contribution in [1.82, 2.24) is 9.88 Å². The van der Waals surface area contributed by atoms with Gasteiger partial charge in [-0.2, -0.15) is 0 Å². The Morgan fingerprint density at radius 1 is 1.42 bits per heavy atom. The third kappa shape index (κ3) is 3.34. The Kier molecular flexibility index (Phi) is 4.68. The van der Waals surface area contributed by atoms with Crippen LogP contribution in [0.3, 0.4) is 0 Å². The second-order valence-corrected chi connectivity index (χ2v) is 4.12. The van der Waals surface area contributed by atoms with Crippen LogP contribution in [0, 0.1) is 0 Å². The van der Waals surface area contributed by atoms with E-state index in [4.69, 9.17) is 15.2 Å². The number of pyridine rings is 1. The number of hydrogen-bond acceptors (Lipinski definition) is 5. The molecule has 7 heteroatoms. The molecule has 0 spiro atoms. The molecule has 0 aliphatic heterocycles. The molecule has 0 aromatic carbocycles. The van der Waals surface area contributed by atoms with Crippen LogP contribution in [-0.4, -0.2) is 42.1 Å². The lowest BCUT2D eigenvalue weighted by Crippen LogP contribution is -2.34. The number of nitrogens with zero attached hydrogens (tertiary/aromatic N) is 2. The van der Waals surface area contributed by atoms with Gasteiger partial charge in [-0.05, 0) is 13.8 Å². The first kappa shape index (κ1) is 14.7. The monoisotopic (exact) mass is 267 g/mol. The number of hydrogen-bond donors (Lipinski definition) is 1. The molecule has 0 fully saturated rings. The van der Waals surface area contributed by atoms with Gasteiger partial charge in [0.15, 0.2) is 17.2 Å². The fourth-order valence-electron chi connectivity index (χ4n) is 1.37. The zero-order valence-corrected chi connectivity index (χ0v) is 11.3. The van der Waals surface area contributed by atoms with Crippen molar-refractivity contribution in [2.75, 3.05) is 14.2 Å². The van der Waals surface area contributed by atoms with Crippen LogP contribution >= 0.6 is 0 Å². The molecule has 19 heavy (non-hydrogen) atoms. The average molecular weight is 267 g/mol. The second kappa shape index (κ2) is 6.03. The fraction of sp³-hybridized carbons (Fsp3) is 0.417. The van der Waals surface area contributed by atoms with Crippen LogP contribution in [-0.2, 0) is 0 Å². The molecule has 2 amide bonds. The first-order valence-corrected chi connectivity index (χ1v) is 5.66. The third-order valence-corrected chi connectivity index (χ3v) is 2.58. The Morgan fingerprint density at radius 3 is 2.53 bits per heavy atom. The molecule has 0 saturated heterocycles. The van der Waals surface area contributed by atoms with Crippen LogP contribution in [0.4, 0.5) is 4.79 Å². The molecule has 104 valence electrons. The van der Waals surface area contributed by atoms with Gasteiger partial charge in [0.2, 0.25) is 0 Å². The topological polar surface area (TPSA) is 94.7 Å². The van der Waals surface area contributed by atoms with Crippen molar-refractivity contribution in [1.29, 1.82) is 0 Å². The summed E-state index contributed by atoms with van der Waals surface area (Å²) in [4.78, 5) is 28.5. The van der Waals surface area contributed by atoms with Crippen molar-refractivity contribution in [3.8, 4) is 11.5 Å². The second-order valence-electron chi connectivity index (χ2n) is 4.12. The molecule has 1 aromatic rings. The Bertz CT molecular complexity index is 488. The number of carbonyl (C=O) groups excluding carboxylic acids is 2. The largest absolute Gasteiger partial charge is 0.491 e. The summed E-state index contributed by atoms with van der Waals surface area (Å²) in [6.45, 7) is 3.74. The Labute approximate surface area is 111 Å². The van der Waals surface area contributed by atoms with E-state index >= 15 is 0 Å². The summed E-state index contributed by atoms with van der Waals surface area (Å²) in [5.74, 6) is -0.189. The van der Waals surface area contributed by atoms with Gasteiger partial charge in [0, 0.05) is 25.4 Å². The number of primary amides is 1. The van der Waals surface area contributed by atoms with E-state index in [2.05, 4.69) is 4.98 Å². The first-order valence-electron chi connectivity index (χ1n) is 5.66. The van der Waals surface area contributed by atoms with Gasteiger partial charge in [-0.3, -0.25) is 4.79 Å². The molecule has 1 heterocycles. The number of methoxy groups -OCH3 is 1. The molecule has 1 rings (SSSR count). The smallest absolute Gasteiger partial charge is 0.410 e. The molecule has 0 bridgehead atoms. The SMILES string of the molecule is COc1c(OC(N)=O)ccnc1C(=O)N(C)C(C)C. The number of rotatable bonds is 4. The molecule has 0 aliphatic carbocycles. The minimum Gasteiger partial charge on any atom is -0.491 e. The van der Waals surface area contributed by atoms with Gasteiger partial charge in [-0.1, -0.05) is 0 Å². The highest BCUT2D eigenvalue weighted by Gasteiger charge is 2.23. The van der Waals surface area contributed by atoms with Gasteiger partial charge in [-0.15, -0.1) is 0 Å². The highest BCUT2D eigenvalue weighted by Crippen LogP contribution is 2.30. The number of nitrogens with two attached hydrogens (primary N) is 1. The molecule has 0 unspecified atom stereocenters. The number of carbonyl (C=O) groups is 2. The Morgan fingerprint density at radius 2 is 2.05 bits per heavy atom. The van der Waals surface area contributed by atoms with Gasteiger partial charge in [0.1, 0.15) is 0 Å². The van der Waals surface area contributed by atoms with E-state index in [1.54, 1.807) is 7.05 Å². The summed E-state index contributed by atoms with van der Waals surface area (Å²) in [7, 11) is 3.01. The predicted molar refractivity (Wildman–Crippen MR) is 68.2 cm³/mol. The maximum atomic E-state index is 12.2. The quantitative estimate of drug-likeness (QED) is 0.879. The van der Waals surface area contributed by atoms with E-state index < -0.39 is 6.09 Å². The summed E-state index contributed by atoms with van der Waals surface area (Å²) in [5.41, 5.74) is 5.02. The summed E-state index contributed by atoms with van der Waals surface area (Å²) in [5, 5.41) is 0. The normalized spacial score (nSPS) is 10.2. The summed E-state index contributed by atoms with van der Waals surface area (Å²) >= 11 is 0. The summed E-state index contributed by atoms with van der Waals surface area (Å²) in [6.07, 6.45) is 0.363. The van der Waals surface area contributed by atoms with E-state index in [1.165, 1.54) is 24.3 Å². The number of ether oxygens (including phenoxy) is 2. The van der Waals surface area contributed by atoms with Gasteiger partial charge < -0.3 is 20.1 Å². The van der Waals surface area contributed by atoms with Crippen LogP contribution in [0.15, 0.2) is 12.3 Å². The Hall–Kier alpha value is -2.31. The summed E-state index contributed by atoms with van der Waals surface area (Å²) < 4.78 is 9.86. The van der Waals surface area contributed by atoms with E-state index in [9.17, 15) is 9.59 Å². The number of amides is 2. The first-order chi connectivity index (χ1) is 8.88. The maximum absolute atomic E-state index is 12.2. The molecule has 0 saturated carbocycles. The highest BCUT2D eigenvalue weighted by molar-refractivity contribution is 5.96. The zero-order valence-electron chi connectivity index (χ0n) is 11.3. The van der Waals surface area contributed by atoms with Crippen LogP contribution in [0.5, 0.6) is 11.5 Å². The van der Waals surface area contributed by atoms with Gasteiger partial charge in [-0.25, -0.2) is 9.78 Å². The molecule has 7 nitrogen and oxygen atoms in total. The lowest BCUT2D eigenvalue weighted by atomic mass is 10.2. The lowest BCUT2D eigenvalue weighted by Gasteiger charge is -2.22. The zero-order chi connectivity index (χ0) is 14.6. The van der Waals surface area contributed by atoms with Crippen molar-refractivity contribution >= 4 is 12.0 Å². The molecular weight excluding hydrogens is 250 g/mol. The van der Waals surface area contributed by atoms with Crippen molar-refractivity contribution in [2.45, 2.75) is 19.9 Å². The van der Waals surface area contributed by atoms with Crippen LogP contribution < -0.4 is 15.2 Å². The standard InChI is InChI=1S/C12H17N3O4/c1-7(2)15(3)11(16)9-10(18-4)8(5-6-14-9)19-12(13)17/h5-7H,1-4H3,(H2,13,17). The van der Waals surface area contributed by atoms with Gasteiger partial charge in [0.05, 0.1) is 7.11 Å². The van der Waals surface area contributed by atoms with E-state index in [-0.39, 0.29) is 29.1 Å². The number of aromatic nitrogens is 1. The minimum atomic E-state index is -0.986. The Balaban J connectivity index is 3.21. The van der Waals surface area contributed by atoms with Crippen LogP contribution in [0.2, 0.25) is 0 Å². The van der Waals surface area contributed by atoms with Crippen molar-refractivity contribution in [3.05, 3.63) is 18.0 Å². The average Bonchev–Trinajstić information content (AvgIpc) is 2.35. The highest BCUT2D eigenvalue weighted by atomic mass is 16.6. The van der Waals surface area contributed by atoms with E-state index in [0.717, 1.165) is 0 Å². The third-order valence-electron chi connectivity index (χ3n) is 2.58. The predicted octanol–water partition coefficient (Wildman–Crippen LogP) is 1.03. The molecular formula is C12H17N3O4. The molecule has 0 atom stereocenters. The van der Waals surface area contributed by atoms with E-state index in [1.807, 2.05) is 13.8 Å². The molecule has 1 aromatic heterocycles. The van der Waals surface area contributed by atoms with Crippen molar-refractivity contribution in [3.63, 3.8) is 0 Å². The van der Waals surface area contributed by atoms with Crippen LogP contribution in [0.25, 0.3) is 0 Å². The minimum absolute atomic E-state index is 0.000258.